The van der Waals surface area contributed by atoms with E-state index >= 15 is 0 Å². The molecule has 58 valence electrons. The molecule has 0 atom stereocenters. The average molecular weight is 222 g/mol. The molecule has 0 saturated carbocycles. The summed E-state index contributed by atoms with van der Waals surface area (Å²) in [5.74, 6) is 0. The summed E-state index contributed by atoms with van der Waals surface area (Å²) in [4.78, 5) is 0. The summed E-state index contributed by atoms with van der Waals surface area (Å²) in [6, 6.07) is 5.73. The van der Waals surface area contributed by atoms with Crippen LogP contribution >= 0.6 is 15.9 Å². The van der Waals surface area contributed by atoms with Crippen LogP contribution in [-0.4, -0.2) is 10.2 Å². The van der Waals surface area contributed by atoms with Gasteiger partial charge < -0.3 is 0 Å². The number of nitrogens with zero attached hydrogens (tertiary/aromatic N) is 2. The molecule has 0 aliphatic carbocycles. The molecule has 1 aromatic carbocycles. The Bertz CT molecular complexity index is 467. The van der Waals surface area contributed by atoms with E-state index in [1.807, 2.05) is 6.07 Å². The van der Waals surface area contributed by atoms with Crippen molar-refractivity contribution in [2.45, 2.75) is 0 Å². The van der Waals surface area contributed by atoms with Crippen LogP contribution < -0.4 is 0 Å². The van der Waals surface area contributed by atoms with E-state index in [9.17, 15) is 0 Å². The highest BCUT2D eigenvalue weighted by molar-refractivity contribution is 9.10. The summed E-state index contributed by atoms with van der Waals surface area (Å²) >= 11 is 3.30. The monoisotopic (exact) mass is 221 g/mol. The third kappa shape index (κ3) is 0.990. The molecule has 0 aliphatic heterocycles. The number of hydrogen-bond donors (Lipinski definition) is 1. The van der Waals surface area contributed by atoms with Crippen molar-refractivity contribution in [3.8, 4) is 6.07 Å². The molecule has 0 amide bonds. The largest absolute Gasteiger partial charge is 0.278 e. The molecule has 1 N–H and O–H groups in total. The molecule has 2 aromatic rings. The second kappa shape index (κ2) is 2.61. The first-order valence-electron chi connectivity index (χ1n) is 3.34. The normalized spacial score (nSPS) is 10.0. The summed E-state index contributed by atoms with van der Waals surface area (Å²) in [7, 11) is 0. The van der Waals surface area contributed by atoms with Crippen molar-refractivity contribution >= 4 is 26.8 Å². The first-order chi connectivity index (χ1) is 5.81. The maximum absolute atomic E-state index is 8.70. The van der Waals surface area contributed by atoms with E-state index in [0.717, 1.165) is 15.4 Å². The number of aromatic nitrogens is 2. The van der Waals surface area contributed by atoms with Gasteiger partial charge in [-0.25, -0.2) is 0 Å². The van der Waals surface area contributed by atoms with Gasteiger partial charge in [0.2, 0.25) is 0 Å². The van der Waals surface area contributed by atoms with Crippen molar-refractivity contribution in [3.63, 3.8) is 0 Å². The SMILES string of the molecule is N#Cc1cc2[nH]ncc2cc1Br. The van der Waals surface area contributed by atoms with Gasteiger partial charge in [-0.2, -0.15) is 10.4 Å². The molecular formula is C8H4BrN3. The first-order valence-corrected chi connectivity index (χ1v) is 4.13. The topological polar surface area (TPSA) is 52.5 Å². The highest BCUT2D eigenvalue weighted by atomic mass is 79.9. The van der Waals surface area contributed by atoms with Gasteiger partial charge in [-0.1, -0.05) is 0 Å². The number of fused-ring (bicyclic) bond motifs is 1. The fraction of sp³-hybridized carbons (Fsp3) is 0. The van der Waals surface area contributed by atoms with E-state index in [1.54, 1.807) is 12.3 Å². The van der Waals surface area contributed by atoms with E-state index in [2.05, 4.69) is 32.2 Å². The van der Waals surface area contributed by atoms with Crippen LogP contribution in [-0.2, 0) is 0 Å². The van der Waals surface area contributed by atoms with E-state index in [-0.39, 0.29) is 0 Å². The second-order valence-corrected chi connectivity index (χ2v) is 3.26. The van der Waals surface area contributed by atoms with Crippen molar-refractivity contribution in [3.05, 3.63) is 28.4 Å². The summed E-state index contributed by atoms with van der Waals surface area (Å²) in [6.45, 7) is 0. The van der Waals surface area contributed by atoms with Gasteiger partial charge in [0, 0.05) is 9.86 Å². The van der Waals surface area contributed by atoms with Crippen molar-refractivity contribution in [2.24, 2.45) is 0 Å². The van der Waals surface area contributed by atoms with Gasteiger partial charge >= 0.3 is 0 Å². The van der Waals surface area contributed by atoms with Crippen LogP contribution in [0.15, 0.2) is 22.8 Å². The zero-order valence-corrected chi connectivity index (χ0v) is 7.59. The lowest BCUT2D eigenvalue weighted by Crippen LogP contribution is -1.77. The van der Waals surface area contributed by atoms with Crippen LogP contribution in [0.3, 0.4) is 0 Å². The van der Waals surface area contributed by atoms with E-state index in [4.69, 9.17) is 5.26 Å². The highest BCUT2D eigenvalue weighted by Gasteiger charge is 2.02. The van der Waals surface area contributed by atoms with Gasteiger partial charge in [-0.15, -0.1) is 0 Å². The van der Waals surface area contributed by atoms with Crippen LogP contribution in [0.5, 0.6) is 0 Å². The number of rotatable bonds is 0. The zero-order chi connectivity index (χ0) is 8.55. The van der Waals surface area contributed by atoms with Crippen LogP contribution in [0, 0.1) is 11.3 Å². The molecule has 0 saturated heterocycles. The average Bonchev–Trinajstić information content (AvgIpc) is 2.49. The van der Waals surface area contributed by atoms with Crippen molar-refractivity contribution < 1.29 is 0 Å². The van der Waals surface area contributed by atoms with Gasteiger partial charge in [0.15, 0.2) is 0 Å². The first kappa shape index (κ1) is 7.32. The van der Waals surface area contributed by atoms with Crippen LogP contribution in [0.25, 0.3) is 10.9 Å². The molecule has 0 fully saturated rings. The fourth-order valence-electron chi connectivity index (χ4n) is 1.05. The predicted molar refractivity (Wildman–Crippen MR) is 48.5 cm³/mol. The summed E-state index contributed by atoms with van der Waals surface area (Å²) in [6.07, 6.45) is 1.72. The number of nitriles is 1. The quantitative estimate of drug-likeness (QED) is 0.742. The van der Waals surface area contributed by atoms with Crippen molar-refractivity contribution in [1.29, 1.82) is 5.26 Å². The van der Waals surface area contributed by atoms with Crippen LogP contribution in [0.2, 0.25) is 0 Å². The molecule has 4 heteroatoms. The van der Waals surface area contributed by atoms with Gasteiger partial charge in [0.05, 0.1) is 17.3 Å². The lowest BCUT2D eigenvalue weighted by atomic mass is 10.2. The van der Waals surface area contributed by atoms with Crippen LogP contribution in [0.4, 0.5) is 0 Å². The Kier molecular flexibility index (Phi) is 1.59. The number of H-pyrrole nitrogens is 1. The predicted octanol–water partition coefficient (Wildman–Crippen LogP) is 2.20. The standard InChI is InChI=1S/C8H4BrN3/c9-7-1-6-4-11-12-8(6)2-5(7)3-10/h1-2,4H,(H,11,12). The van der Waals surface area contributed by atoms with Gasteiger partial charge in [0.25, 0.3) is 0 Å². The third-order valence-corrected chi connectivity index (χ3v) is 2.30. The smallest absolute Gasteiger partial charge is 0.100 e. The zero-order valence-electron chi connectivity index (χ0n) is 6.00. The molecule has 2 rings (SSSR count). The van der Waals surface area contributed by atoms with Crippen molar-refractivity contribution in [1.82, 2.24) is 10.2 Å². The summed E-state index contributed by atoms with van der Waals surface area (Å²) in [5, 5.41) is 16.4. The lowest BCUT2D eigenvalue weighted by molar-refractivity contribution is 1.12. The van der Waals surface area contributed by atoms with Crippen LogP contribution in [0.1, 0.15) is 5.56 Å². The Hall–Kier alpha value is -1.34. The second-order valence-electron chi connectivity index (χ2n) is 2.40. The number of aromatic amines is 1. The Morgan fingerprint density at radius 2 is 2.33 bits per heavy atom. The Morgan fingerprint density at radius 3 is 3.08 bits per heavy atom. The minimum absolute atomic E-state index is 0.617. The summed E-state index contributed by atoms with van der Waals surface area (Å²) < 4.78 is 0.805. The molecule has 0 spiro atoms. The number of hydrogen-bond acceptors (Lipinski definition) is 2. The van der Waals surface area contributed by atoms with Crippen molar-refractivity contribution in [2.75, 3.05) is 0 Å². The number of benzene rings is 1. The number of halogens is 1. The minimum Gasteiger partial charge on any atom is -0.278 e. The molecule has 0 aliphatic rings. The molecule has 0 bridgehead atoms. The molecule has 1 heterocycles. The molecule has 0 radical (unpaired) electrons. The van der Waals surface area contributed by atoms with Gasteiger partial charge in [-0.3, -0.25) is 5.10 Å². The summed E-state index contributed by atoms with van der Waals surface area (Å²) in [5.41, 5.74) is 1.50. The lowest BCUT2D eigenvalue weighted by Gasteiger charge is -1.93. The van der Waals surface area contributed by atoms with Gasteiger partial charge in [-0.05, 0) is 28.1 Å². The maximum Gasteiger partial charge on any atom is 0.100 e. The Morgan fingerprint density at radius 1 is 1.50 bits per heavy atom. The fourth-order valence-corrected chi connectivity index (χ4v) is 1.50. The molecule has 3 nitrogen and oxygen atoms in total. The van der Waals surface area contributed by atoms with Gasteiger partial charge in [0.1, 0.15) is 6.07 Å². The van der Waals surface area contributed by atoms with E-state index in [1.165, 1.54) is 0 Å². The maximum atomic E-state index is 8.70. The minimum atomic E-state index is 0.617. The molecule has 12 heavy (non-hydrogen) atoms. The molecular weight excluding hydrogens is 218 g/mol. The van der Waals surface area contributed by atoms with E-state index in [0.29, 0.717) is 5.56 Å². The Labute approximate surface area is 77.1 Å². The molecule has 1 aromatic heterocycles. The molecule has 0 unspecified atom stereocenters. The Balaban J connectivity index is 2.84. The highest BCUT2D eigenvalue weighted by Crippen LogP contribution is 2.21. The number of nitrogens with one attached hydrogen (secondary N) is 1. The third-order valence-electron chi connectivity index (χ3n) is 1.65. The van der Waals surface area contributed by atoms with E-state index < -0.39 is 0 Å².